The van der Waals surface area contributed by atoms with Gasteiger partial charge in [0.25, 0.3) is 0 Å². The van der Waals surface area contributed by atoms with Crippen LogP contribution in [0.25, 0.3) is 0 Å². The SMILES string of the molecule is CCC(C)(C(I)(I)I)S(C)(C)C. The lowest BCUT2D eigenvalue weighted by Crippen LogP contribution is -2.41. The van der Waals surface area contributed by atoms with Gasteiger partial charge in [0.05, 0.1) is 0 Å². The van der Waals surface area contributed by atoms with Gasteiger partial charge < -0.3 is 0 Å². The Balaban J connectivity index is 4.95. The van der Waals surface area contributed by atoms with Gasteiger partial charge in [-0.3, -0.25) is 0 Å². The highest BCUT2D eigenvalue weighted by molar-refractivity contribution is 14.3. The zero-order valence-corrected chi connectivity index (χ0v) is 15.5. The summed E-state index contributed by atoms with van der Waals surface area (Å²) in [5, 5.41) is 0. The molecule has 0 saturated carbocycles. The van der Waals surface area contributed by atoms with E-state index in [2.05, 4.69) is 100 Å². The van der Waals surface area contributed by atoms with E-state index in [9.17, 15) is 0 Å². The lowest BCUT2D eigenvalue weighted by atomic mass is 10.1. The molecule has 0 aromatic carbocycles. The molecule has 0 aliphatic carbocycles. The number of halogens is 3. The molecule has 0 radical (unpaired) electrons. The van der Waals surface area contributed by atoms with Crippen molar-refractivity contribution in [1.29, 1.82) is 0 Å². The highest BCUT2D eigenvalue weighted by Gasteiger charge is 2.46. The fourth-order valence-electron chi connectivity index (χ4n) is 0.981. The highest BCUT2D eigenvalue weighted by atomic mass is 127. The smallest absolute Gasteiger partial charge is 0.137 e. The minimum Gasteiger partial charge on any atom is -0.242 e. The molecule has 0 N–H and O–H groups in total. The molecule has 0 aliphatic heterocycles. The summed E-state index contributed by atoms with van der Waals surface area (Å²) < 4.78 is 0.796. The second-order valence-electron chi connectivity index (χ2n) is 3.92. The van der Waals surface area contributed by atoms with Gasteiger partial charge in [0.2, 0.25) is 0 Å². The van der Waals surface area contributed by atoms with Crippen molar-refractivity contribution < 1.29 is 0 Å². The van der Waals surface area contributed by atoms with E-state index in [0.29, 0.717) is 4.18 Å². The molecule has 0 spiro atoms. The molecule has 0 heterocycles. The van der Waals surface area contributed by atoms with Gasteiger partial charge >= 0.3 is 0 Å². The minimum atomic E-state index is -0.495. The summed E-state index contributed by atoms with van der Waals surface area (Å²) in [6.45, 7) is 4.73. The van der Waals surface area contributed by atoms with E-state index < -0.39 is 10.0 Å². The van der Waals surface area contributed by atoms with Gasteiger partial charge in [-0.1, -0.05) is 74.7 Å². The molecule has 0 aromatic rings. The van der Waals surface area contributed by atoms with Gasteiger partial charge in [-0.05, 0) is 32.1 Å². The van der Waals surface area contributed by atoms with E-state index in [-0.39, 0.29) is 0 Å². The van der Waals surface area contributed by atoms with Crippen LogP contribution in [0.3, 0.4) is 0 Å². The average Bonchev–Trinajstić information content (AvgIpc) is 1.81. The van der Waals surface area contributed by atoms with Gasteiger partial charge in [-0.25, -0.2) is 10.0 Å². The van der Waals surface area contributed by atoms with Crippen LogP contribution < -0.4 is 0 Å². The molecular weight excluding hydrogens is 509 g/mol. The molecule has 0 saturated heterocycles. The summed E-state index contributed by atoms with van der Waals surface area (Å²) in [5.41, 5.74) is 0. The molecule has 0 nitrogen and oxygen atoms in total. The molecule has 1 atom stereocenters. The molecular formula is C8H17I3S. The summed E-state index contributed by atoms with van der Waals surface area (Å²) in [7, 11) is -0.495. The molecule has 1 unspecified atom stereocenters. The fraction of sp³-hybridized carbons (Fsp3) is 1.00. The topological polar surface area (TPSA) is 0 Å². The van der Waals surface area contributed by atoms with Crippen LogP contribution in [-0.4, -0.2) is 22.9 Å². The molecule has 0 rings (SSSR count). The lowest BCUT2D eigenvalue weighted by molar-refractivity contribution is 0.676. The van der Waals surface area contributed by atoms with Crippen LogP contribution in [0.5, 0.6) is 0 Å². The van der Waals surface area contributed by atoms with Crippen molar-refractivity contribution in [1.82, 2.24) is 0 Å². The van der Waals surface area contributed by atoms with Gasteiger partial charge in [-0.15, -0.1) is 0 Å². The normalized spacial score (nSPS) is 20.3. The largest absolute Gasteiger partial charge is 0.242 e. The summed E-state index contributed by atoms with van der Waals surface area (Å²) in [6, 6.07) is 0. The predicted octanol–water partition coefficient (Wildman–Crippen LogP) is 4.81. The van der Waals surface area contributed by atoms with Crippen molar-refractivity contribution in [3.8, 4) is 0 Å². The van der Waals surface area contributed by atoms with Crippen LogP contribution in [-0.2, 0) is 0 Å². The third-order valence-electron chi connectivity index (χ3n) is 2.63. The number of hydrogen-bond acceptors (Lipinski definition) is 0. The molecule has 0 amide bonds. The van der Waals surface area contributed by atoms with Crippen molar-refractivity contribution in [2.75, 3.05) is 18.8 Å². The maximum Gasteiger partial charge on any atom is 0.137 e. The lowest BCUT2D eigenvalue weighted by Gasteiger charge is -2.51. The van der Waals surface area contributed by atoms with Crippen LogP contribution in [0.4, 0.5) is 0 Å². The first-order valence-electron chi connectivity index (χ1n) is 3.81. The Labute approximate surface area is 119 Å². The first-order chi connectivity index (χ1) is 5.06. The monoisotopic (exact) mass is 526 g/mol. The maximum atomic E-state index is 2.57. The molecule has 76 valence electrons. The number of alkyl halides is 3. The summed E-state index contributed by atoms with van der Waals surface area (Å²) >= 11 is 7.72. The van der Waals surface area contributed by atoms with Crippen molar-refractivity contribution in [2.45, 2.75) is 24.5 Å². The third kappa shape index (κ3) is 3.01. The number of rotatable bonds is 3. The highest BCUT2D eigenvalue weighted by Crippen LogP contribution is 2.64. The van der Waals surface area contributed by atoms with Crippen LogP contribution in [0.1, 0.15) is 20.3 Å². The van der Waals surface area contributed by atoms with E-state index in [0.717, 1.165) is 0 Å². The van der Waals surface area contributed by atoms with E-state index >= 15 is 0 Å². The Morgan fingerprint density at radius 3 is 1.42 bits per heavy atom. The molecule has 0 bridgehead atoms. The van der Waals surface area contributed by atoms with Crippen molar-refractivity contribution in [2.24, 2.45) is 0 Å². The fourth-order valence-corrected chi connectivity index (χ4v) is 9.63. The van der Waals surface area contributed by atoms with E-state index in [4.69, 9.17) is 0 Å². The van der Waals surface area contributed by atoms with E-state index in [1.807, 2.05) is 0 Å². The Morgan fingerprint density at radius 1 is 1.08 bits per heavy atom. The van der Waals surface area contributed by atoms with Gasteiger partial charge in [0, 0.05) is 4.75 Å². The Hall–Kier alpha value is 2.54. The van der Waals surface area contributed by atoms with Crippen molar-refractivity contribution in [3.63, 3.8) is 0 Å². The second kappa shape index (κ2) is 4.59. The average molecular weight is 526 g/mol. The van der Waals surface area contributed by atoms with Crippen LogP contribution in [0, 0.1) is 0 Å². The van der Waals surface area contributed by atoms with Crippen LogP contribution in [0.2, 0.25) is 0 Å². The van der Waals surface area contributed by atoms with Crippen LogP contribution >= 0.6 is 77.8 Å². The van der Waals surface area contributed by atoms with Gasteiger partial charge in [0.15, 0.2) is 0 Å². The van der Waals surface area contributed by atoms with Crippen LogP contribution in [0.15, 0.2) is 0 Å². The minimum absolute atomic E-state index is 0.336. The summed E-state index contributed by atoms with van der Waals surface area (Å²) in [6.07, 6.45) is 8.52. The quantitative estimate of drug-likeness (QED) is 0.366. The third-order valence-corrected chi connectivity index (χ3v) is 10.6. The van der Waals surface area contributed by atoms with Gasteiger partial charge in [0.1, 0.15) is -0.565 Å². The Bertz CT molecular complexity index is 141. The molecule has 0 fully saturated rings. The first-order valence-corrected chi connectivity index (χ1v) is 9.90. The molecule has 4 heteroatoms. The van der Waals surface area contributed by atoms with Gasteiger partial charge in [-0.2, -0.15) is 0 Å². The molecule has 0 aliphatic rings. The first kappa shape index (κ1) is 14.5. The Morgan fingerprint density at radius 2 is 1.42 bits per heavy atom. The zero-order chi connectivity index (χ0) is 10.2. The van der Waals surface area contributed by atoms with Crippen molar-refractivity contribution >= 4 is 77.8 Å². The standard InChI is InChI=1S/C8H17I3S/c1-6-7(2,8(9,10)11)12(3,4)5/h6H2,1-5H3. The van der Waals surface area contributed by atoms with E-state index in [1.54, 1.807) is 0 Å². The maximum absolute atomic E-state index is 2.57. The summed E-state index contributed by atoms with van der Waals surface area (Å²) in [4.78, 5) is 0. The second-order valence-corrected chi connectivity index (χ2v) is 19.5. The molecule has 12 heavy (non-hydrogen) atoms. The summed E-state index contributed by atoms with van der Waals surface area (Å²) in [5.74, 6) is 0. The number of hydrogen-bond donors (Lipinski definition) is 0. The predicted molar refractivity (Wildman–Crippen MR) is 88.9 cm³/mol. The van der Waals surface area contributed by atoms with E-state index in [1.165, 1.54) is 6.42 Å². The van der Waals surface area contributed by atoms with Crippen molar-refractivity contribution in [3.05, 3.63) is 0 Å². The Kier molecular flexibility index (Phi) is 5.56. The zero-order valence-electron chi connectivity index (χ0n) is 8.25. The molecule has 0 aromatic heterocycles.